The summed E-state index contributed by atoms with van der Waals surface area (Å²) in [6.45, 7) is 1.71. The quantitative estimate of drug-likeness (QED) is 0.849. The lowest BCUT2D eigenvalue weighted by atomic mass is 10.2. The fourth-order valence-electron chi connectivity index (χ4n) is 1.63. The van der Waals surface area contributed by atoms with Crippen LogP contribution >= 0.6 is 0 Å². The summed E-state index contributed by atoms with van der Waals surface area (Å²) in [5, 5.41) is 6.61. The number of nitrogens with zero attached hydrogens (tertiary/aromatic N) is 2. The Bertz CT molecular complexity index is 606. The number of carbonyl (C=O) groups is 1. The van der Waals surface area contributed by atoms with E-state index in [4.69, 9.17) is 5.73 Å². The molecule has 0 bridgehead atoms. The molecular weight excluding hydrogens is 235 g/mol. The van der Waals surface area contributed by atoms with Crippen molar-refractivity contribution in [3.8, 4) is 0 Å². The fraction of sp³-hybridized carbons (Fsp3) is 0.167. The van der Waals surface area contributed by atoms with Gasteiger partial charge in [0.25, 0.3) is 5.91 Å². The Balaban J connectivity index is 2.24. The molecule has 6 heteroatoms. The number of aromatic nitrogens is 2. The second-order valence-corrected chi connectivity index (χ2v) is 4.02. The molecule has 5 nitrogen and oxygen atoms in total. The predicted octanol–water partition coefficient (Wildman–Crippen LogP) is 1.70. The molecule has 18 heavy (non-hydrogen) atoms. The molecule has 3 N–H and O–H groups in total. The minimum atomic E-state index is -0.414. The molecule has 0 aliphatic rings. The van der Waals surface area contributed by atoms with Gasteiger partial charge in [-0.2, -0.15) is 5.10 Å². The molecule has 0 aliphatic heterocycles. The van der Waals surface area contributed by atoms with E-state index in [1.165, 1.54) is 22.9 Å². The van der Waals surface area contributed by atoms with Crippen LogP contribution in [0.25, 0.3) is 0 Å². The van der Waals surface area contributed by atoms with Crippen molar-refractivity contribution in [2.75, 3.05) is 11.1 Å². The van der Waals surface area contributed by atoms with Gasteiger partial charge in [0, 0.05) is 18.9 Å². The first-order chi connectivity index (χ1) is 8.47. The van der Waals surface area contributed by atoms with E-state index in [0.29, 0.717) is 16.9 Å². The van der Waals surface area contributed by atoms with Crippen LogP contribution in [0.1, 0.15) is 16.1 Å². The minimum Gasteiger partial charge on any atom is -0.396 e. The van der Waals surface area contributed by atoms with Crippen molar-refractivity contribution in [2.45, 2.75) is 6.92 Å². The summed E-state index contributed by atoms with van der Waals surface area (Å²) in [6, 6.07) is 4.13. The third kappa shape index (κ3) is 2.32. The highest BCUT2D eigenvalue weighted by Gasteiger charge is 2.14. The molecule has 1 heterocycles. The molecule has 0 aliphatic carbocycles. The van der Waals surface area contributed by atoms with Crippen LogP contribution in [0, 0.1) is 12.7 Å². The van der Waals surface area contributed by atoms with Crippen molar-refractivity contribution in [1.82, 2.24) is 9.78 Å². The zero-order valence-corrected chi connectivity index (χ0v) is 10.1. The Morgan fingerprint density at radius 3 is 2.78 bits per heavy atom. The number of carbonyl (C=O) groups excluding carboxylic acids is 1. The maximum atomic E-state index is 12.9. The highest BCUT2D eigenvalue weighted by atomic mass is 19.1. The Morgan fingerprint density at radius 1 is 1.50 bits per heavy atom. The van der Waals surface area contributed by atoms with E-state index >= 15 is 0 Å². The lowest BCUT2D eigenvalue weighted by molar-refractivity contribution is 0.102. The van der Waals surface area contributed by atoms with E-state index in [1.807, 2.05) is 0 Å². The molecule has 0 saturated carbocycles. The molecule has 0 radical (unpaired) electrons. The summed E-state index contributed by atoms with van der Waals surface area (Å²) < 4.78 is 14.4. The first kappa shape index (κ1) is 12.1. The second kappa shape index (κ2) is 4.48. The van der Waals surface area contributed by atoms with E-state index in [2.05, 4.69) is 10.4 Å². The van der Waals surface area contributed by atoms with Gasteiger partial charge >= 0.3 is 0 Å². The topological polar surface area (TPSA) is 72.9 Å². The average molecular weight is 248 g/mol. The number of rotatable bonds is 2. The fourth-order valence-corrected chi connectivity index (χ4v) is 1.63. The molecule has 94 valence electrons. The maximum absolute atomic E-state index is 12.9. The van der Waals surface area contributed by atoms with Gasteiger partial charge in [-0.1, -0.05) is 0 Å². The lowest BCUT2D eigenvalue weighted by Crippen LogP contribution is -2.15. The van der Waals surface area contributed by atoms with Crippen molar-refractivity contribution in [2.24, 2.45) is 7.05 Å². The van der Waals surface area contributed by atoms with Crippen molar-refractivity contribution < 1.29 is 9.18 Å². The first-order valence-electron chi connectivity index (χ1n) is 5.34. The number of hydrogen-bond acceptors (Lipinski definition) is 3. The number of amides is 1. The van der Waals surface area contributed by atoms with Crippen molar-refractivity contribution in [1.29, 1.82) is 0 Å². The van der Waals surface area contributed by atoms with Crippen LogP contribution in [0.2, 0.25) is 0 Å². The number of benzene rings is 1. The second-order valence-electron chi connectivity index (χ2n) is 4.02. The number of nitrogens with one attached hydrogen (secondary N) is 1. The molecule has 0 fully saturated rings. The molecule has 2 aromatic rings. The molecule has 0 spiro atoms. The third-order valence-electron chi connectivity index (χ3n) is 2.51. The van der Waals surface area contributed by atoms with Gasteiger partial charge in [0.2, 0.25) is 0 Å². The van der Waals surface area contributed by atoms with E-state index in [-0.39, 0.29) is 11.5 Å². The van der Waals surface area contributed by atoms with Gasteiger partial charge < -0.3 is 11.1 Å². The first-order valence-corrected chi connectivity index (χ1v) is 5.34. The van der Waals surface area contributed by atoms with Gasteiger partial charge in [0.05, 0.1) is 5.69 Å². The minimum absolute atomic E-state index is 0.154. The largest absolute Gasteiger partial charge is 0.396 e. The zero-order valence-electron chi connectivity index (χ0n) is 10.1. The van der Waals surface area contributed by atoms with Gasteiger partial charge in [-0.15, -0.1) is 0 Å². The Hall–Kier alpha value is -2.37. The molecule has 1 amide bonds. The van der Waals surface area contributed by atoms with Crippen molar-refractivity contribution in [3.63, 3.8) is 0 Å². The summed E-state index contributed by atoms with van der Waals surface area (Å²) in [5.74, 6) is -0.759. The van der Waals surface area contributed by atoms with Crippen molar-refractivity contribution >= 4 is 17.3 Å². The predicted molar refractivity (Wildman–Crippen MR) is 66.7 cm³/mol. The summed E-state index contributed by atoms with van der Waals surface area (Å²) in [5.41, 5.74) is 7.28. The maximum Gasteiger partial charge on any atom is 0.278 e. The number of nitrogen functional groups attached to an aromatic ring is 1. The summed E-state index contributed by atoms with van der Waals surface area (Å²) in [7, 11) is 1.68. The number of nitrogens with two attached hydrogens (primary N) is 1. The monoisotopic (exact) mass is 248 g/mol. The number of hydrogen-bond donors (Lipinski definition) is 2. The average Bonchev–Trinajstić information content (AvgIpc) is 2.62. The van der Waals surface area contributed by atoms with Crippen LogP contribution < -0.4 is 11.1 Å². The highest BCUT2D eigenvalue weighted by molar-refractivity contribution is 6.06. The Morgan fingerprint density at radius 2 is 2.22 bits per heavy atom. The third-order valence-corrected chi connectivity index (χ3v) is 2.51. The number of aryl methyl sites for hydroxylation is 2. The standard InChI is InChI=1S/C12H13FN4O/c1-7-5-8(13)3-4-10(7)15-12(18)11-9(14)6-17(2)16-11/h3-6H,14H2,1-2H3,(H,15,18). The molecule has 1 aromatic carbocycles. The SMILES string of the molecule is Cc1cc(F)ccc1NC(=O)c1nn(C)cc1N. The molecule has 0 atom stereocenters. The lowest BCUT2D eigenvalue weighted by Gasteiger charge is -2.07. The van der Waals surface area contributed by atoms with E-state index in [0.717, 1.165) is 0 Å². The van der Waals surface area contributed by atoms with E-state index < -0.39 is 5.91 Å². The van der Waals surface area contributed by atoms with Crippen LogP contribution in [-0.2, 0) is 7.05 Å². The Labute approximate surface area is 103 Å². The van der Waals surface area contributed by atoms with E-state index in [1.54, 1.807) is 20.2 Å². The molecular formula is C12H13FN4O. The molecule has 0 saturated heterocycles. The van der Waals surface area contributed by atoms with Crippen LogP contribution in [0.15, 0.2) is 24.4 Å². The number of anilines is 2. The van der Waals surface area contributed by atoms with Crippen LogP contribution in [0.3, 0.4) is 0 Å². The number of halogens is 1. The van der Waals surface area contributed by atoms with Gasteiger partial charge in [0.15, 0.2) is 5.69 Å². The summed E-state index contributed by atoms with van der Waals surface area (Å²) in [4.78, 5) is 11.9. The smallest absolute Gasteiger partial charge is 0.278 e. The molecule has 2 rings (SSSR count). The van der Waals surface area contributed by atoms with Gasteiger partial charge in [-0.05, 0) is 30.7 Å². The van der Waals surface area contributed by atoms with Gasteiger partial charge in [-0.3, -0.25) is 9.48 Å². The van der Waals surface area contributed by atoms with E-state index in [9.17, 15) is 9.18 Å². The summed E-state index contributed by atoms with van der Waals surface area (Å²) in [6.07, 6.45) is 1.55. The summed E-state index contributed by atoms with van der Waals surface area (Å²) >= 11 is 0. The normalized spacial score (nSPS) is 10.4. The van der Waals surface area contributed by atoms with Gasteiger partial charge in [-0.25, -0.2) is 4.39 Å². The van der Waals surface area contributed by atoms with Gasteiger partial charge in [0.1, 0.15) is 5.82 Å². The highest BCUT2D eigenvalue weighted by Crippen LogP contribution is 2.17. The Kier molecular flexibility index (Phi) is 3.01. The van der Waals surface area contributed by atoms with Crippen molar-refractivity contribution in [3.05, 3.63) is 41.5 Å². The molecule has 0 unspecified atom stereocenters. The molecule has 1 aromatic heterocycles. The zero-order chi connectivity index (χ0) is 13.3. The van der Waals surface area contributed by atoms with Crippen LogP contribution in [0.5, 0.6) is 0 Å². The van der Waals surface area contributed by atoms with Crippen LogP contribution in [-0.4, -0.2) is 15.7 Å². The van der Waals surface area contributed by atoms with Crippen LogP contribution in [0.4, 0.5) is 15.8 Å².